The van der Waals surface area contributed by atoms with Gasteiger partial charge < -0.3 is 24.9 Å². The molecule has 0 bridgehead atoms. The summed E-state index contributed by atoms with van der Waals surface area (Å²) in [4.78, 5) is 14.5. The predicted molar refractivity (Wildman–Crippen MR) is 114 cm³/mol. The summed E-state index contributed by atoms with van der Waals surface area (Å²) in [6.45, 7) is 0.213. The molecule has 0 unspecified atom stereocenters. The second kappa shape index (κ2) is 7.88. The van der Waals surface area contributed by atoms with Crippen molar-refractivity contribution in [1.82, 2.24) is 9.55 Å². The summed E-state index contributed by atoms with van der Waals surface area (Å²) in [5, 5.41) is 31.1. The molecule has 0 atom stereocenters. The van der Waals surface area contributed by atoms with Crippen LogP contribution in [0.3, 0.4) is 0 Å². The Labute approximate surface area is 176 Å². The Morgan fingerprint density at radius 1 is 0.933 bits per heavy atom. The number of hydrogen-bond acceptors (Lipinski definition) is 5. The van der Waals surface area contributed by atoms with Crippen molar-refractivity contribution >= 4 is 17.4 Å². The lowest BCUT2D eigenvalue weighted by atomic mass is 10.1. The fourth-order valence-electron chi connectivity index (χ4n) is 3.29. The third-order valence-electron chi connectivity index (χ3n) is 4.70. The lowest BCUT2D eigenvalue weighted by molar-refractivity contribution is -0.390. The smallest absolute Gasteiger partial charge is 0.406 e. The first-order valence-electron chi connectivity index (χ1n) is 9.01. The average Bonchev–Trinajstić information content (AvgIpc) is 3.13. The highest BCUT2D eigenvalue weighted by molar-refractivity contribution is 6.33. The third-order valence-corrected chi connectivity index (χ3v) is 5.03. The van der Waals surface area contributed by atoms with Gasteiger partial charge in [0, 0.05) is 16.3 Å². The van der Waals surface area contributed by atoms with E-state index in [9.17, 15) is 20.3 Å². The fourth-order valence-corrected chi connectivity index (χ4v) is 3.52. The van der Waals surface area contributed by atoms with Crippen molar-refractivity contribution in [3.63, 3.8) is 0 Å². The summed E-state index contributed by atoms with van der Waals surface area (Å²) >= 11 is 6.41. The maximum Gasteiger partial charge on any atom is 0.406 e. The van der Waals surface area contributed by atoms with Crippen LogP contribution in [0.4, 0.5) is 5.82 Å². The van der Waals surface area contributed by atoms with Crippen molar-refractivity contribution in [2.24, 2.45) is 0 Å². The number of phenolic OH excluding ortho intramolecular Hbond substituents is 1. The van der Waals surface area contributed by atoms with Crippen LogP contribution >= 0.6 is 11.6 Å². The molecule has 0 fully saturated rings. The summed E-state index contributed by atoms with van der Waals surface area (Å²) in [6.07, 6.45) is 0. The molecule has 0 aliphatic heterocycles. The van der Waals surface area contributed by atoms with Gasteiger partial charge in [0.25, 0.3) is 0 Å². The van der Waals surface area contributed by atoms with Gasteiger partial charge in [-0.25, -0.2) is 0 Å². The largest absolute Gasteiger partial charge is 0.508 e. The Bertz CT molecular complexity index is 1240. The number of aromatic nitrogens is 2. The van der Waals surface area contributed by atoms with Crippen molar-refractivity contribution in [2.75, 3.05) is 0 Å². The molecular weight excluding hydrogens is 406 g/mol. The summed E-state index contributed by atoms with van der Waals surface area (Å²) in [5.74, 6) is -0.925. The van der Waals surface area contributed by atoms with Crippen LogP contribution in [0.15, 0.2) is 72.8 Å². The zero-order valence-electron chi connectivity index (χ0n) is 15.6. The second-order valence-electron chi connectivity index (χ2n) is 6.62. The van der Waals surface area contributed by atoms with E-state index in [1.165, 1.54) is 6.07 Å². The Hall–Kier alpha value is -3.84. The maximum atomic E-state index is 11.2. The van der Waals surface area contributed by atoms with Crippen LogP contribution < -0.4 is 0 Å². The first-order valence-corrected chi connectivity index (χ1v) is 9.39. The maximum absolute atomic E-state index is 11.2. The highest BCUT2D eigenvalue weighted by atomic mass is 35.5. The quantitative estimate of drug-likeness (QED) is 0.339. The van der Waals surface area contributed by atoms with Gasteiger partial charge in [-0.15, -0.1) is 0 Å². The average molecular weight is 422 g/mol. The van der Waals surface area contributed by atoms with E-state index in [0.29, 0.717) is 10.7 Å². The molecule has 2 aromatic carbocycles. The van der Waals surface area contributed by atoms with Crippen molar-refractivity contribution in [3.05, 3.63) is 93.6 Å². The lowest BCUT2D eigenvalue weighted by Gasteiger charge is -2.14. The topological polar surface area (TPSA) is 101 Å². The van der Waals surface area contributed by atoms with Crippen molar-refractivity contribution in [2.45, 2.75) is 6.54 Å². The van der Waals surface area contributed by atoms with Crippen LogP contribution in [0, 0.1) is 10.1 Å². The zero-order valence-corrected chi connectivity index (χ0v) is 16.3. The Morgan fingerprint density at radius 2 is 1.63 bits per heavy atom. The summed E-state index contributed by atoms with van der Waals surface area (Å²) in [5.41, 5.74) is 3.68. The summed E-state index contributed by atoms with van der Waals surface area (Å²) < 4.78 is 1.94. The van der Waals surface area contributed by atoms with Crippen LogP contribution in [0.25, 0.3) is 22.5 Å². The van der Waals surface area contributed by atoms with E-state index in [1.807, 2.05) is 34.9 Å². The highest BCUT2D eigenvalue weighted by Gasteiger charge is 2.20. The molecule has 8 heteroatoms. The minimum absolute atomic E-state index is 0.152. The predicted octanol–water partition coefficient (Wildman–Crippen LogP) is 5.24. The van der Waals surface area contributed by atoms with Crippen molar-refractivity contribution in [3.8, 4) is 34.0 Å². The second-order valence-corrected chi connectivity index (χ2v) is 7.03. The monoisotopic (exact) mass is 421 g/mol. The number of pyridine rings is 1. The molecule has 150 valence electrons. The number of benzene rings is 2. The molecule has 2 heterocycles. The molecule has 0 aliphatic carbocycles. The minimum Gasteiger partial charge on any atom is -0.508 e. The Morgan fingerprint density at radius 3 is 2.33 bits per heavy atom. The molecule has 4 rings (SSSR count). The van der Waals surface area contributed by atoms with Gasteiger partial charge in [-0.05, 0) is 70.1 Å². The van der Waals surface area contributed by atoms with Crippen molar-refractivity contribution in [1.29, 1.82) is 0 Å². The number of hydrogen-bond donors (Lipinski definition) is 2. The number of phenols is 1. The first-order chi connectivity index (χ1) is 14.4. The highest BCUT2D eigenvalue weighted by Crippen LogP contribution is 2.34. The minimum atomic E-state index is -0.718. The summed E-state index contributed by atoms with van der Waals surface area (Å²) in [7, 11) is 0. The van der Waals surface area contributed by atoms with Crippen LogP contribution in [-0.4, -0.2) is 24.7 Å². The SMILES string of the molecule is O=[N+]([O-])c1nc(Cn2c(-c3ccc(O)cc3)ccc2-c2ccccc2Cl)ccc1O. The number of rotatable bonds is 5. The molecule has 0 saturated heterocycles. The van der Waals surface area contributed by atoms with E-state index in [0.717, 1.165) is 22.5 Å². The molecule has 2 aromatic heterocycles. The van der Waals surface area contributed by atoms with Crippen molar-refractivity contribution < 1.29 is 15.1 Å². The van der Waals surface area contributed by atoms with E-state index in [4.69, 9.17) is 11.6 Å². The van der Waals surface area contributed by atoms with E-state index in [-0.39, 0.29) is 12.3 Å². The number of aromatic hydroxyl groups is 2. The third kappa shape index (κ3) is 3.70. The molecule has 0 spiro atoms. The number of halogens is 1. The molecule has 0 aliphatic rings. The molecule has 0 amide bonds. The van der Waals surface area contributed by atoms with Crippen LogP contribution in [0.1, 0.15) is 5.69 Å². The normalized spacial score (nSPS) is 10.8. The van der Waals surface area contributed by atoms with Gasteiger partial charge >= 0.3 is 5.82 Å². The van der Waals surface area contributed by atoms with Gasteiger partial charge in [-0.2, -0.15) is 0 Å². The van der Waals surface area contributed by atoms with Gasteiger partial charge in [0.2, 0.25) is 5.75 Å². The Balaban J connectivity index is 1.87. The molecule has 7 nitrogen and oxygen atoms in total. The molecule has 4 aromatic rings. The van der Waals surface area contributed by atoms with Crippen LogP contribution in [0.2, 0.25) is 5.02 Å². The molecule has 30 heavy (non-hydrogen) atoms. The van der Waals surface area contributed by atoms with Crippen LogP contribution in [0.5, 0.6) is 11.5 Å². The van der Waals surface area contributed by atoms with E-state index in [2.05, 4.69) is 4.98 Å². The molecular formula is C22H16ClN3O4. The molecule has 0 radical (unpaired) electrons. The van der Waals surface area contributed by atoms with Gasteiger partial charge in [0.05, 0.1) is 12.2 Å². The van der Waals surface area contributed by atoms with Gasteiger partial charge in [0.15, 0.2) is 5.69 Å². The van der Waals surface area contributed by atoms with Gasteiger partial charge in [-0.1, -0.05) is 29.8 Å². The lowest BCUT2D eigenvalue weighted by Crippen LogP contribution is -2.07. The first kappa shape index (κ1) is 19.5. The standard InChI is InChI=1S/C22H16ClN3O4/c23-18-4-2-1-3-17(18)20-11-10-19(14-5-8-16(27)9-6-14)25(20)13-15-7-12-21(28)22(24-15)26(29)30/h1-12,27-28H,13H2. The molecule has 2 N–H and O–H groups in total. The van der Waals surface area contributed by atoms with E-state index >= 15 is 0 Å². The molecule has 0 saturated carbocycles. The summed E-state index contributed by atoms with van der Waals surface area (Å²) in [6, 6.07) is 20.8. The fraction of sp³-hybridized carbons (Fsp3) is 0.0455. The van der Waals surface area contributed by atoms with E-state index in [1.54, 1.807) is 36.4 Å². The number of nitro groups is 1. The zero-order chi connectivity index (χ0) is 21.3. The number of nitrogens with zero attached hydrogens (tertiary/aromatic N) is 3. The van der Waals surface area contributed by atoms with Gasteiger partial charge in [-0.3, -0.25) is 0 Å². The Kier molecular flexibility index (Phi) is 5.12. The van der Waals surface area contributed by atoms with Gasteiger partial charge in [0.1, 0.15) is 5.75 Å². The van der Waals surface area contributed by atoms with E-state index < -0.39 is 16.5 Å². The van der Waals surface area contributed by atoms with Crippen LogP contribution in [-0.2, 0) is 6.54 Å².